The first kappa shape index (κ1) is 13.8. The first-order valence-corrected chi connectivity index (χ1v) is 5.24. The van der Waals surface area contributed by atoms with E-state index in [1.807, 2.05) is 0 Å². The van der Waals surface area contributed by atoms with Gasteiger partial charge in [0, 0.05) is 11.4 Å². The minimum Gasteiger partial charge on any atom is -0.493 e. The second-order valence-electron chi connectivity index (χ2n) is 3.37. The third-order valence-electron chi connectivity index (χ3n) is 1.96. The maximum absolute atomic E-state index is 11.9. The smallest absolute Gasteiger partial charge is 0.389 e. The van der Waals surface area contributed by atoms with Crippen molar-refractivity contribution in [3.05, 3.63) is 28.8 Å². The summed E-state index contributed by atoms with van der Waals surface area (Å²) in [7, 11) is 0. The summed E-state index contributed by atoms with van der Waals surface area (Å²) in [5, 5.41) is 0.362. The van der Waals surface area contributed by atoms with Crippen molar-refractivity contribution in [2.45, 2.75) is 19.0 Å². The summed E-state index contributed by atoms with van der Waals surface area (Å²) < 4.78 is 40.7. The Labute approximate surface area is 101 Å². The largest absolute Gasteiger partial charge is 0.493 e. The fraction of sp³-hybridized carbons (Fsp3) is 0.364. The van der Waals surface area contributed by atoms with Gasteiger partial charge in [0.05, 0.1) is 12.2 Å². The van der Waals surface area contributed by atoms with Crippen molar-refractivity contribution >= 4 is 17.9 Å². The Bertz CT molecular complexity index is 391. The van der Waals surface area contributed by atoms with Crippen LogP contribution in [0.2, 0.25) is 5.02 Å². The van der Waals surface area contributed by atoms with Gasteiger partial charge in [-0.1, -0.05) is 11.6 Å². The van der Waals surface area contributed by atoms with E-state index in [2.05, 4.69) is 0 Å². The molecule has 0 saturated carbocycles. The van der Waals surface area contributed by atoms with Crippen molar-refractivity contribution in [1.29, 1.82) is 0 Å². The highest BCUT2D eigenvalue weighted by Gasteiger charge is 2.26. The normalized spacial score (nSPS) is 11.3. The monoisotopic (exact) mass is 266 g/mol. The number of benzene rings is 1. The lowest BCUT2D eigenvalue weighted by Gasteiger charge is -2.09. The van der Waals surface area contributed by atoms with Crippen molar-refractivity contribution in [2.24, 2.45) is 0 Å². The van der Waals surface area contributed by atoms with Gasteiger partial charge in [0.25, 0.3) is 0 Å². The van der Waals surface area contributed by atoms with Crippen molar-refractivity contribution in [3.8, 4) is 5.75 Å². The fourth-order valence-electron chi connectivity index (χ4n) is 1.19. The molecule has 0 bridgehead atoms. The Morgan fingerprint density at radius 2 is 2.06 bits per heavy atom. The van der Waals surface area contributed by atoms with Crippen LogP contribution in [0.3, 0.4) is 0 Å². The lowest BCUT2D eigenvalue weighted by Crippen LogP contribution is -2.10. The van der Waals surface area contributed by atoms with Gasteiger partial charge in [0.1, 0.15) is 5.75 Å². The Hall–Kier alpha value is -1.23. The summed E-state index contributed by atoms with van der Waals surface area (Å²) in [5.41, 5.74) is 0.265. The minimum absolute atomic E-state index is 0.110. The zero-order valence-corrected chi connectivity index (χ0v) is 9.52. The fourth-order valence-corrected chi connectivity index (χ4v) is 1.35. The van der Waals surface area contributed by atoms with Gasteiger partial charge < -0.3 is 4.74 Å². The summed E-state index contributed by atoms with van der Waals surface area (Å²) in [4.78, 5) is 10.6. The number of aldehydes is 1. The van der Waals surface area contributed by atoms with Crippen molar-refractivity contribution in [3.63, 3.8) is 0 Å². The SMILES string of the molecule is O=Cc1ccc(Cl)cc1OCCCC(F)(F)F. The molecule has 0 N–H and O–H groups in total. The van der Waals surface area contributed by atoms with E-state index >= 15 is 0 Å². The first-order valence-electron chi connectivity index (χ1n) is 4.86. The molecule has 0 saturated heterocycles. The van der Waals surface area contributed by atoms with Crippen molar-refractivity contribution in [2.75, 3.05) is 6.61 Å². The van der Waals surface area contributed by atoms with Gasteiger partial charge in [-0.3, -0.25) is 4.79 Å². The van der Waals surface area contributed by atoms with E-state index in [0.29, 0.717) is 11.3 Å². The molecule has 0 radical (unpaired) electrons. The van der Waals surface area contributed by atoms with Crippen LogP contribution in [0.5, 0.6) is 5.75 Å². The van der Waals surface area contributed by atoms with Gasteiger partial charge in [-0.2, -0.15) is 13.2 Å². The van der Waals surface area contributed by atoms with E-state index in [1.165, 1.54) is 18.2 Å². The van der Waals surface area contributed by atoms with Crippen LogP contribution in [-0.4, -0.2) is 19.1 Å². The lowest BCUT2D eigenvalue weighted by atomic mass is 10.2. The van der Waals surface area contributed by atoms with Crippen LogP contribution in [0, 0.1) is 0 Å². The molecule has 0 fully saturated rings. The molecule has 6 heteroatoms. The molecule has 0 atom stereocenters. The molecule has 2 nitrogen and oxygen atoms in total. The highest BCUT2D eigenvalue weighted by atomic mass is 35.5. The molecule has 1 aromatic carbocycles. The summed E-state index contributed by atoms with van der Waals surface area (Å²) in [6.45, 7) is -0.110. The van der Waals surface area contributed by atoms with E-state index in [4.69, 9.17) is 16.3 Å². The van der Waals surface area contributed by atoms with Crippen molar-refractivity contribution in [1.82, 2.24) is 0 Å². The van der Waals surface area contributed by atoms with Gasteiger partial charge in [-0.15, -0.1) is 0 Å². The second-order valence-corrected chi connectivity index (χ2v) is 3.80. The zero-order chi connectivity index (χ0) is 12.9. The predicted octanol–water partition coefficient (Wildman–Crippen LogP) is 3.87. The molecule has 0 aliphatic rings. The van der Waals surface area contributed by atoms with Crippen LogP contribution in [0.4, 0.5) is 13.2 Å². The third-order valence-corrected chi connectivity index (χ3v) is 2.20. The number of alkyl halides is 3. The Morgan fingerprint density at radius 1 is 1.35 bits per heavy atom. The highest BCUT2D eigenvalue weighted by Crippen LogP contribution is 2.24. The van der Waals surface area contributed by atoms with E-state index in [9.17, 15) is 18.0 Å². The molecule has 17 heavy (non-hydrogen) atoms. The number of halogens is 4. The summed E-state index contributed by atoms with van der Waals surface area (Å²) in [6.07, 6.45) is -4.70. The molecule has 0 aliphatic carbocycles. The molecular weight excluding hydrogens is 257 g/mol. The number of hydrogen-bond acceptors (Lipinski definition) is 2. The van der Waals surface area contributed by atoms with Gasteiger partial charge in [-0.05, 0) is 24.6 Å². The highest BCUT2D eigenvalue weighted by molar-refractivity contribution is 6.30. The molecule has 1 rings (SSSR count). The zero-order valence-electron chi connectivity index (χ0n) is 8.76. The van der Waals surface area contributed by atoms with Gasteiger partial charge in [0.2, 0.25) is 0 Å². The van der Waals surface area contributed by atoms with E-state index < -0.39 is 12.6 Å². The molecule has 0 aromatic heterocycles. The van der Waals surface area contributed by atoms with E-state index in [-0.39, 0.29) is 24.3 Å². The molecular formula is C11H10ClF3O2. The number of carbonyl (C=O) groups excluding carboxylic acids is 1. The molecule has 94 valence electrons. The predicted molar refractivity (Wildman–Crippen MR) is 57.6 cm³/mol. The van der Waals surface area contributed by atoms with Crippen molar-refractivity contribution < 1.29 is 22.7 Å². The Balaban J connectivity index is 2.51. The topological polar surface area (TPSA) is 26.3 Å². The van der Waals surface area contributed by atoms with E-state index in [1.54, 1.807) is 0 Å². The van der Waals surface area contributed by atoms with Gasteiger partial charge in [-0.25, -0.2) is 0 Å². The van der Waals surface area contributed by atoms with Crippen LogP contribution in [-0.2, 0) is 0 Å². The van der Waals surface area contributed by atoms with Crippen LogP contribution < -0.4 is 4.74 Å². The summed E-state index contributed by atoms with van der Waals surface area (Å²) >= 11 is 5.68. The van der Waals surface area contributed by atoms with Crippen LogP contribution in [0.1, 0.15) is 23.2 Å². The summed E-state index contributed by atoms with van der Waals surface area (Å²) in [5.74, 6) is 0.203. The van der Waals surface area contributed by atoms with Crippen LogP contribution in [0.25, 0.3) is 0 Å². The van der Waals surface area contributed by atoms with Gasteiger partial charge >= 0.3 is 6.18 Å². The second kappa shape index (κ2) is 5.91. The number of rotatable bonds is 5. The summed E-state index contributed by atoms with van der Waals surface area (Å²) in [6, 6.07) is 4.36. The third kappa shape index (κ3) is 5.08. The van der Waals surface area contributed by atoms with Crippen LogP contribution in [0.15, 0.2) is 18.2 Å². The maximum atomic E-state index is 11.9. The Kier molecular flexibility index (Phi) is 4.81. The molecule has 0 unspecified atom stereocenters. The van der Waals surface area contributed by atoms with Crippen LogP contribution >= 0.6 is 11.6 Å². The van der Waals surface area contributed by atoms with Gasteiger partial charge in [0.15, 0.2) is 6.29 Å². The number of hydrogen-bond donors (Lipinski definition) is 0. The number of carbonyl (C=O) groups is 1. The average molecular weight is 267 g/mol. The molecule has 1 aromatic rings. The van der Waals surface area contributed by atoms with E-state index in [0.717, 1.165) is 0 Å². The average Bonchev–Trinajstić information content (AvgIpc) is 2.23. The first-order chi connectivity index (χ1) is 7.92. The maximum Gasteiger partial charge on any atom is 0.389 e. The molecule has 0 aliphatic heterocycles. The minimum atomic E-state index is -4.19. The number of ether oxygens (including phenoxy) is 1. The molecule has 0 amide bonds. The quantitative estimate of drug-likeness (QED) is 0.597. The standard InChI is InChI=1S/C11H10ClF3O2/c12-9-3-2-8(7-16)10(6-9)17-5-1-4-11(13,14)15/h2-3,6-7H,1,4-5H2. The molecule has 0 spiro atoms. The Morgan fingerprint density at radius 3 is 2.65 bits per heavy atom. The molecule has 0 heterocycles. The lowest BCUT2D eigenvalue weighted by molar-refractivity contribution is -0.136.